The highest BCUT2D eigenvalue weighted by atomic mass is 19.1. The van der Waals surface area contributed by atoms with E-state index in [1.807, 2.05) is 20.8 Å². The van der Waals surface area contributed by atoms with E-state index in [1.54, 1.807) is 6.07 Å². The van der Waals surface area contributed by atoms with Crippen molar-refractivity contribution in [1.29, 1.82) is 0 Å². The molecule has 0 fully saturated rings. The fraction of sp³-hybridized carbons (Fsp3) is 0.471. The number of H-pyrrole nitrogens is 1. The van der Waals surface area contributed by atoms with Crippen LogP contribution in [-0.4, -0.2) is 29.1 Å². The number of aryl methyl sites for hydroxylation is 1. The topological polar surface area (TPSA) is 65.1 Å². The quantitative estimate of drug-likeness (QED) is 0.768. The monoisotopic (exact) mass is 306 g/mol. The zero-order valence-corrected chi connectivity index (χ0v) is 13.3. The van der Waals surface area contributed by atoms with Gasteiger partial charge in [0.2, 0.25) is 5.91 Å². The van der Waals surface area contributed by atoms with Gasteiger partial charge in [-0.15, -0.1) is 0 Å². The Kier molecular flexibility index (Phi) is 4.86. The number of fused-ring (bicyclic) bond motifs is 1. The Morgan fingerprint density at radius 1 is 1.41 bits per heavy atom. The van der Waals surface area contributed by atoms with Gasteiger partial charge < -0.3 is 15.4 Å². The normalized spacial score (nSPS) is 11.9. The Morgan fingerprint density at radius 2 is 2.14 bits per heavy atom. The Morgan fingerprint density at radius 3 is 2.82 bits per heavy atom. The molecule has 0 saturated carbocycles. The minimum atomic E-state index is -0.308. The standard InChI is InChI=1S/C17H23FN2O2/c1-11-13(14-8-12(18)4-5-15(14)20-11)9-16(22)19-10-17(2,3)6-7-21/h4-5,8,20-21H,6-7,9-10H2,1-3H3,(H,19,22). The van der Waals surface area contributed by atoms with Gasteiger partial charge in [-0.1, -0.05) is 13.8 Å². The molecule has 120 valence electrons. The number of hydrogen-bond donors (Lipinski definition) is 3. The summed E-state index contributed by atoms with van der Waals surface area (Å²) in [7, 11) is 0. The molecule has 4 nitrogen and oxygen atoms in total. The van der Waals surface area contributed by atoms with E-state index < -0.39 is 0 Å². The molecule has 1 amide bonds. The van der Waals surface area contributed by atoms with Crippen LogP contribution in [0.4, 0.5) is 4.39 Å². The lowest BCUT2D eigenvalue weighted by Gasteiger charge is -2.23. The number of carbonyl (C=O) groups is 1. The number of amides is 1. The summed E-state index contributed by atoms with van der Waals surface area (Å²) in [4.78, 5) is 15.3. The fourth-order valence-electron chi connectivity index (χ4n) is 2.53. The summed E-state index contributed by atoms with van der Waals surface area (Å²) >= 11 is 0. The number of aliphatic hydroxyl groups is 1. The third-order valence-corrected chi connectivity index (χ3v) is 3.97. The molecule has 0 bridgehead atoms. The Bertz CT molecular complexity index is 677. The van der Waals surface area contributed by atoms with Crippen molar-refractivity contribution >= 4 is 16.8 Å². The number of rotatable bonds is 6. The molecule has 0 aliphatic carbocycles. The highest BCUT2D eigenvalue weighted by Crippen LogP contribution is 2.24. The first-order valence-electron chi connectivity index (χ1n) is 7.47. The summed E-state index contributed by atoms with van der Waals surface area (Å²) in [5.74, 6) is -0.406. The second-order valence-corrected chi connectivity index (χ2v) is 6.51. The summed E-state index contributed by atoms with van der Waals surface area (Å²) in [6.45, 7) is 6.48. The van der Waals surface area contributed by atoms with Crippen molar-refractivity contribution in [2.24, 2.45) is 5.41 Å². The van der Waals surface area contributed by atoms with Crippen LogP contribution in [0, 0.1) is 18.2 Å². The average molecular weight is 306 g/mol. The predicted octanol–water partition coefficient (Wildman–Crippen LogP) is 2.68. The van der Waals surface area contributed by atoms with Gasteiger partial charge in [0.15, 0.2) is 0 Å². The molecule has 22 heavy (non-hydrogen) atoms. The SMILES string of the molecule is Cc1[nH]c2ccc(F)cc2c1CC(=O)NCC(C)(C)CCO. The van der Waals surface area contributed by atoms with Crippen LogP contribution >= 0.6 is 0 Å². The van der Waals surface area contributed by atoms with E-state index in [1.165, 1.54) is 12.1 Å². The summed E-state index contributed by atoms with van der Waals surface area (Å²) in [5.41, 5.74) is 2.39. The minimum absolute atomic E-state index is 0.0979. The Balaban J connectivity index is 2.09. The summed E-state index contributed by atoms with van der Waals surface area (Å²) < 4.78 is 13.4. The molecule has 0 aliphatic rings. The first-order valence-corrected chi connectivity index (χ1v) is 7.47. The van der Waals surface area contributed by atoms with Gasteiger partial charge in [0.05, 0.1) is 6.42 Å². The van der Waals surface area contributed by atoms with E-state index in [2.05, 4.69) is 10.3 Å². The first-order chi connectivity index (χ1) is 10.3. The van der Waals surface area contributed by atoms with E-state index >= 15 is 0 Å². The van der Waals surface area contributed by atoms with Crippen LogP contribution in [0.3, 0.4) is 0 Å². The van der Waals surface area contributed by atoms with Crippen LogP contribution in [0.15, 0.2) is 18.2 Å². The molecular weight excluding hydrogens is 283 g/mol. The van der Waals surface area contributed by atoms with Crippen LogP contribution < -0.4 is 5.32 Å². The average Bonchev–Trinajstić information content (AvgIpc) is 2.73. The maximum Gasteiger partial charge on any atom is 0.224 e. The largest absolute Gasteiger partial charge is 0.396 e. The van der Waals surface area contributed by atoms with E-state index in [-0.39, 0.29) is 30.2 Å². The van der Waals surface area contributed by atoms with Crippen molar-refractivity contribution in [2.75, 3.05) is 13.2 Å². The van der Waals surface area contributed by atoms with Gasteiger partial charge in [-0.3, -0.25) is 4.79 Å². The summed E-state index contributed by atoms with van der Waals surface area (Å²) in [5, 5.41) is 12.6. The zero-order valence-electron chi connectivity index (χ0n) is 13.3. The van der Waals surface area contributed by atoms with Gasteiger partial charge >= 0.3 is 0 Å². The van der Waals surface area contributed by atoms with Crippen LogP contribution in [0.1, 0.15) is 31.5 Å². The van der Waals surface area contributed by atoms with Crippen LogP contribution in [0.25, 0.3) is 10.9 Å². The fourth-order valence-corrected chi connectivity index (χ4v) is 2.53. The summed E-state index contributed by atoms with van der Waals surface area (Å²) in [6.07, 6.45) is 0.842. The molecule has 0 aliphatic heterocycles. The van der Waals surface area contributed by atoms with Gasteiger partial charge in [-0.25, -0.2) is 4.39 Å². The lowest BCUT2D eigenvalue weighted by Crippen LogP contribution is -2.35. The molecule has 0 saturated heterocycles. The number of aromatic amines is 1. The number of aliphatic hydroxyl groups excluding tert-OH is 1. The summed E-state index contributed by atoms with van der Waals surface area (Å²) in [6, 6.07) is 4.54. The lowest BCUT2D eigenvalue weighted by molar-refractivity contribution is -0.120. The molecule has 1 aromatic heterocycles. The highest BCUT2D eigenvalue weighted by molar-refractivity contribution is 5.90. The number of benzene rings is 1. The molecule has 0 atom stereocenters. The lowest BCUT2D eigenvalue weighted by atomic mass is 9.89. The van der Waals surface area contributed by atoms with E-state index in [0.29, 0.717) is 13.0 Å². The minimum Gasteiger partial charge on any atom is -0.396 e. The second-order valence-electron chi connectivity index (χ2n) is 6.51. The van der Waals surface area contributed by atoms with Crippen LogP contribution in [-0.2, 0) is 11.2 Å². The maximum absolute atomic E-state index is 13.4. The third-order valence-electron chi connectivity index (χ3n) is 3.97. The van der Waals surface area contributed by atoms with Crippen LogP contribution in [0.5, 0.6) is 0 Å². The number of halogens is 1. The van der Waals surface area contributed by atoms with Gasteiger partial charge in [-0.2, -0.15) is 0 Å². The molecule has 0 radical (unpaired) electrons. The second kappa shape index (κ2) is 6.48. The van der Waals surface area contributed by atoms with Crippen molar-refractivity contribution < 1.29 is 14.3 Å². The highest BCUT2D eigenvalue weighted by Gasteiger charge is 2.19. The molecular formula is C17H23FN2O2. The maximum atomic E-state index is 13.4. The number of nitrogens with one attached hydrogen (secondary N) is 2. The number of carbonyl (C=O) groups excluding carboxylic acids is 1. The molecule has 5 heteroatoms. The molecule has 2 rings (SSSR count). The van der Waals surface area contributed by atoms with Gasteiger partial charge in [0.25, 0.3) is 0 Å². The predicted molar refractivity (Wildman–Crippen MR) is 85.2 cm³/mol. The molecule has 0 unspecified atom stereocenters. The van der Waals surface area contributed by atoms with Crippen molar-refractivity contribution in [3.05, 3.63) is 35.3 Å². The van der Waals surface area contributed by atoms with Gasteiger partial charge in [0.1, 0.15) is 5.82 Å². The number of aromatic nitrogens is 1. The van der Waals surface area contributed by atoms with Crippen molar-refractivity contribution in [2.45, 2.75) is 33.6 Å². The zero-order chi connectivity index (χ0) is 16.3. The van der Waals surface area contributed by atoms with Crippen molar-refractivity contribution in [1.82, 2.24) is 10.3 Å². The van der Waals surface area contributed by atoms with E-state index in [4.69, 9.17) is 5.11 Å². The first kappa shape index (κ1) is 16.5. The van der Waals surface area contributed by atoms with E-state index in [9.17, 15) is 9.18 Å². The van der Waals surface area contributed by atoms with Gasteiger partial charge in [-0.05, 0) is 42.5 Å². The Hall–Kier alpha value is -1.88. The van der Waals surface area contributed by atoms with E-state index in [0.717, 1.165) is 22.2 Å². The third kappa shape index (κ3) is 3.85. The molecule has 1 heterocycles. The van der Waals surface area contributed by atoms with Crippen molar-refractivity contribution in [3.63, 3.8) is 0 Å². The molecule has 1 aromatic carbocycles. The van der Waals surface area contributed by atoms with Crippen molar-refractivity contribution in [3.8, 4) is 0 Å². The molecule has 0 spiro atoms. The van der Waals surface area contributed by atoms with Gasteiger partial charge in [0, 0.05) is 29.7 Å². The van der Waals surface area contributed by atoms with Crippen LogP contribution in [0.2, 0.25) is 0 Å². The molecule has 2 aromatic rings. The Labute approximate surface area is 129 Å². The smallest absolute Gasteiger partial charge is 0.224 e. The molecule has 3 N–H and O–H groups in total. The number of hydrogen-bond acceptors (Lipinski definition) is 2.